The molecule has 1 aliphatic rings. The van der Waals surface area contributed by atoms with Crippen molar-refractivity contribution in [1.82, 2.24) is 5.32 Å². The molecule has 0 spiro atoms. The zero-order valence-corrected chi connectivity index (χ0v) is 14.1. The number of rotatable bonds is 5. The van der Waals surface area contributed by atoms with Gasteiger partial charge in [0.25, 0.3) is 0 Å². The lowest BCUT2D eigenvalue weighted by Crippen LogP contribution is -2.39. The molecule has 1 aliphatic heterocycles. The normalized spacial score (nSPS) is 17.2. The first kappa shape index (κ1) is 18.8. The van der Waals surface area contributed by atoms with Gasteiger partial charge in [-0.3, -0.25) is 4.79 Å². The van der Waals surface area contributed by atoms with E-state index in [4.69, 9.17) is 4.74 Å². The van der Waals surface area contributed by atoms with E-state index in [9.17, 15) is 9.59 Å². The number of hydrogen-bond donors (Lipinski definition) is 2. The Kier molecular flexibility index (Phi) is 8.30. The van der Waals surface area contributed by atoms with Crippen LogP contribution in [-0.4, -0.2) is 42.6 Å². The number of thioether (sulfide) groups is 1. The maximum Gasteiger partial charge on any atom is 0.338 e. The highest BCUT2D eigenvalue weighted by Gasteiger charge is 2.17. The van der Waals surface area contributed by atoms with Crippen LogP contribution in [0.1, 0.15) is 23.7 Å². The largest absolute Gasteiger partial charge is 0.462 e. The number of esters is 1. The van der Waals surface area contributed by atoms with Gasteiger partial charge in [0.15, 0.2) is 0 Å². The molecule has 0 bridgehead atoms. The highest BCUT2D eigenvalue weighted by Crippen LogP contribution is 2.14. The van der Waals surface area contributed by atoms with Crippen molar-refractivity contribution in [1.29, 1.82) is 0 Å². The summed E-state index contributed by atoms with van der Waals surface area (Å²) in [6.45, 7) is 3.04. The Morgan fingerprint density at radius 3 is 2.95 bits per heavy atom. The first-order valence-electron chi connectivity index (χ1n) is 7.07. The van der Waals surface area contributed by atoms with E-state index in [-0.39, 0.29) is 30.3 Å². The molecule has 2 rings (SSSR count). The van der Waals surface area contributed by atoms with Gasteiger partial charge in [-0.15, -0.1) is 12.4 Å². The van der Waals surface area contributed by atoms with E-state index in [0.717, 1.165) is 18.1 Å². The van der Waals surface area contributed by atoms with Crippen LogP contribution in [0, 0.1) is 0 Å². The predicted octanol–water partition coefficient (Wildman–Crippen LogP) is 2.32. The molecular formula is C15H21ClN2O3S. The molecule has 22 heavy (non-hydrogen) atoms. The molecule has 1 unspecified atom stereocenters. The highest BCUT2D eigenvalue weighted by molar-refractivity contribution is 7.99. The van der Waals surface area contributed by atoms with Crippen LogP contribution >= 0.6 is 24.2 Å². The van der Waals surface area contributed by atoms with Gasteiger partial charge >= 0.3 is 5.97 Å². The van der Waals surface area contributed by atoms with E-state index in [2.05, 4.69) is 10.6 Å². The van der Waals surface area contributed by atoms with Gasteiger partial charge in [-0.05, 0) is 25.1 Å². The Balaban J connectivity index is 0.00000242. The lowest BCUT2D eigenvalue weighted by Gasteiger charge is -2.22. The number of ether oxygens (including phenoxy) is 1. The van der Waals surface area contributed by atoms with Crippen LogP contribution in [-0.2, 0) is 9.53 Å². The van der Waals surface area contributed by atoms with Crippen LogP contribution < -0.4 is 10.6 Å². The Bertz CT molecular complexity index is 507. The first-order valence-corrected chi connectivity index (χ1v) is 8.22. The summed E-state index contributed by atoms with van der Waals surface area (Å²) in [6, 6.07) is 7.03. The molecule has 1 aromatic rings. The van der Waals surface area contributed by atoms with E-state index in [0.29, 0.717) is 24.3 Å². The third kappa shape index (κ3) is 5.87. The Hall–Kier alpha value is -1.24. The maximum atomic E-state index is 12.0. The summed E-state index contributed by atoms with van der Waals surface area (Å²) in [4.78, 5) is 23.7. The number of carbonyl (C=O) groups is 2. The van der Waals surface area contributed by atoms with Gasteiger partial charge in [0.2, 0.25) is 5.91 Å². The van der Waals surface area contributed by atoms with Crippen LogP contribution in [0.25, 0.3) is 0 Å². The second-order valence-corrected chi connectivity index (χ2v) is 5.93. The molecule has 122 valence electrons. The molecule has 7 heteroatoms. The Labute approximate surface area is 141 Å². The van der Waals surface area contributed by atoms with Gasteiger partial charge in [0.05, 0.1) is 12.2 Å². The van der Waals surface area contributed by atoms with E-state index in [1.54, 1.807) is 31.2 Å². The predicted molar refractivity (Wildman–Crippen MR) is 92.0 cm³/mol. The maximum absolute atomic E-state index is 12.0. The number of benzene rings is 1. The van der Waals surface area contributed by atoms with Gasteiger partial charge in [0, 0.05) is 36.2 Å². The van der Waals surface area contributed by atoms with Gasteiger partial charge in [-0.2, -0.15) is 11.8 Å². The fourth-order valence-corrected chi connectivity index (χ4v) is 3.07. The van der Waals surface area contributed by atoms with Crippen LogP contribution in [0.5, 0.6) is 0 Å². The molecule has 2 N–H and O–H groups in total. The molecule has 1 fully saturated rings. The monoisotopic (exact) mass is 344 g/mol. The van der Waals surface area contributed by atoms with E-state index < -0.39 is 0 Å². The number of carbonyl (C=O) groups excluding carboxylic acids is 2. The molecule has 1 aromatic carbocycles. The third-order valence-corrected chi connectivity index (χ3v) is 4.22. The number of hydrogen-bond acceptors (Lipinski definition) is 5. The average molecular weight is 345 g/mol. The van der Waals surface area contributed by atoms with Crippen molar-refractivity contribution in [2.75, 3.05) is 30.0 Å². The van der Waals surface area contributed by atoms with Gasteiger partial charge in [0.1, 0.15) is 0 Å². The lowest BCUT2D eigenvalue weighted by molar-refractivity contribution is -0.116. The quantitative estimate of drug-likeness (QED) is 0.802. The van der Waals surface area contributed by atoms with Crippen LogP contribution in [0.15, 0.2) is 24.3 Å². The summed E-state index contributed by atoms with van der Waals surface area (Å²) < 4.78 is 4.95. The number of anilines is 1. The fraction of sp³-hybridized carbons (Fsp3) is 0.467. The molecule has 1 atom stereocenters. The Morgan fingerprint density at radius 1 is 1.45 bits per heavy atom. The van der Waals surface area contributed by atoms with Gasteiger partial charge in [-0.25, -0.2) is 4.79 Å². The molecular weight excluding hydrogens is 324 g/mol. The third-order valence-electron chi connectivity index (χ3n) is 3.09. The molecule has 5 nitrogen and oxygen atoms in total. The fourth-order valence-electron chi connectivity index (χ4n) is 2.12. The highest BCUT2D eigenvalue weighted by atomic mass is 35.5. The second-order valence-electron chi connectivity index (χ2n) is 4.78. The summed E-state index contributed by atoms with van der Waals surface area (Å²) in [5.41, 5.74) is 1.06. The van der Waals surface area contributed by atoms with E-state index in [1.165, 1.54) is 0 Å². The van der Waals surface area contributed by atoms with E-state index in [1.807, 2.05) is 11.8 Å². The van der Waals surface area contributed by atoms with Gasteiger partial charge < -0.3 is 15.4 Å². The zero-order chi connectivity index (χ0) is 15.1. The van der Waals surface area contributed by atoms with Crippen molar-refractivity contribution in [2.45, 2.75) is 19.4 Å². The lowest BCUT2D eigenvalue weighted by atomic mass is 10.2. The molecule has 1 heterocycles. The van der Waals surface area contributed by atoms with Crippen molar-refractivity contribution < 1.29 is 14.3 Å². The molecule has 0 aromatic heterocycles. The molecule has 0 saturated carbocycles. The summed E-state index contributed by atoms with van der Waals surface area (Å²) in [5.74, 6) is 1.63. The molecule has 1 amide bonds. The van der Waals surface area contributed by atoms with E-state index >= 15 is 0 Å². The summed E-state index contributed by atoms with van der Waals surface area (Å²) in [6.07, 6.45) is 0.441. The van der Waals surface area contributed by atoms with Crippen LogP contribution in [0.2, 0.25) is 0 Å². The number of halogens is 1. The smallest absolute Gasteiger partial charge is 0.338 e. The van der Waals surface area contributed by atoms with Crippen molar-refractivity contribution in [3.05, 3.63) is 29.8 Å². The number of nitrogens with one attached hydrogen (secondary N) is 2. The summed E-state index contributed by atoms with van der Waals surface area (Å²) in [5, 5.41) is 6.16. The minimum atomic E-state index is -0.376. The topological polar surface area (TPSA) is 67.4 Å². The Morgan fingerprint density at radius 2 is 2.27 bits per heavy atom. The zero-order valence-electron chi connectivity index (χ0n) is 12.5. The minimum Gasteiger partial charge on any atom is -0.462 e. The van der Waals surface area contributed by atoms with Gasteiger partial charge in [-0.1, -0.05) is 6.07 Å². The average Bonchev–Trinajstić information content (AvgIpc) is 2.48. The van der Waals surface area contributed by atoms with Crippen molar-refractivity contribution in [3.8, 4) is 0 Å². The first-order chi connectivity index (χ1) is 10.2. The number of amides is 1. The molecule has 0 radical (unpaired) electrons. The molecule has 0 aliphatic carbocycles. The van der Waals surface area contributed by atoms with Crippen molar-refractivity contribution in [3.63, 3.8) is 0 Å². The SMILES string of the molecule is CCOC(=O)c1cccc(NC(=O)CC2CSCCN2)c1.Cl. The van der Waals surface area contributed by atoms with Crippen molar-refractivity contribution in [2.24, 2.45) is 0 Å². The minimum absolute atomic E-state index is 0. The standard InChI is InChI=1S/C15H20N2O3S.ClH/c1-2-20-15(19)11-4-3-5-12(8-11)17-14(18)9-13-10-21-7-6-16-13;/h3-5,8,13,16H,2,6-7,9-10H2,1H3,(H,17,18);1H. The summed E-state index contributed by atoms with van der Waals surface area (Å²) in [7, 11) is 0. The molecule has 1 saturated heterocycles. The van der Waals surface area contributed by atoms with Crippen molar-refractivity contribution >= 4 is 41.7 Å². The van der Waals surface area contributed by atoms with Crippen LogP contribution in [0.4, 0.5) is 5.69 Å². The second kappa shape index (κ2) is 9.71. The summed E-state index contributed by atoms with van der Waals surface area (Å²) >= 11 is 1.86. The van der Waals surface area contributed by atoms with Crippen LogP contribution in [0.3, 0.4) is 0 Å².